The highest BCUT2D eigenvalue weighted by Gasteiger charge is 2.35. The zero-order chi connectivity index (χ0) is 23.3. The lowest BCUT2D eigenvalue weighted by atomic mass is 10.1. The first-order valence-electron chi connectivity index (χ1n) is 10.1. The highest BCUT2D eigenvalue weighted by atomic mass is 32.2. The highest BCUT2D eigenvalue weighted by molar-refractivity contribution is 7.88. The van der Waals surface area contributed by atoms with Crippen molar-refractivity contribution in [1.82, 2.24) is 10.0 Å². The fourth-order valence-electron chi connectivity index (χ4n) is 3.50. The number of rotatable bonds is 9. The summed E-state index contributed by atoms with van der Waals surface area (Å²) in [7, 11) is 1.10. The highest BCUT2D eigenvalue weighted by Crippen LogP contribution is 2.34. The monoisotopic (exact) mass is 461 g/mol. The molecule has 2 aromatic carbocycles. The molecule has 1 atom stereocenters. The maximum atomic E-state index is 12.6. The number of hydrogen-bond donors (Lipinski definition) is 2. The normalized spacial score (nSPS) is 16.2. The van der Waals surface area contributed by atoms with Crippen molar-refractivity contribution in [3.63, 3.8) is 0 Å². The number of sulfonamides is 1. The van der Waals surface area contributed by atoms with E-state index in [9.17, 15) is 18.0 Å². The number of anilines is 1. The largest absolute Gasteiger partial charge is 0.493 e. The van der Waals surface area contributed by atoms with Crippen molar-refractivity contribution in [3.05, 3.63) is 53.6 Å². The van der Waals surface area contributed by atoms with Gasteiger partial charge in [-0.3, -0.25) is 9.59 Å². The summed E-state index contributed by atoms with van der Waals surface area (Å²) in [6.07, 6.45) is 0.126. The summed E-state index contributed by atoms with van der Waals surface area (Å²) < 4.78 is 36.1. The molecule has 172 valence electrons. The van der Waals surface area contributed by atoms with Crippen molar-refractivity contribution in [2.45, 2.75) is 18.7 Å². The van der Waals surface area contributed by atoms with Crippen LogP contribution in [0, 0.1) is 5.92 Å². The van der Waals surface area contributed by atoms with E-state index in [1.165, 1.54) is 21.3 Å². The molecule has 2 amide bonds. The Bertz CT molecular complexity index is 1090. The van der Waals surface area contributed by atoms with Crippen LogP contribution < -0.4 is 24.4 Å². The average Bonchev–Trinajstić information content (AvgIpc) is 3.19. The number of hydrogen-bond acceptors (Lipinski definition) is 6. The number of nitrogens with one attached hydrogen (secondary N) is 2. The predicted molar refractivity (Wildman–Crippen MR) is 120 cm³/mol. The molecule has 1 unspecified atom stereocenters. The Hall–Kier alpha value is -3.11. The van der Waals surface area contributed by atoms with Gasteiger partial charge in [0.1, 0.15) is 0 Å². The number of carbonyl (C=O) groups is 2. The number of amides is 2. The minimum Gasteiger partial charge on any atom is -0.493 e. The summed E-state index contributed by atoms with van der Waals surface area (Å²) in [4.78, 5) is 26.7. The molecule has 0 aromatic heterocycles. The van der Waals surface area contributed by atoms with E-state index >= 15 is 0 Å². The SMILES string of the molecule is CNS(=O)(=O)Cc1ccc(CNC(=O)C2CC(=O)N(c3ccc(OC)c(OC)c3)C2)cc1. The third-order valence-electron chi connectivity index (χ3n) is 5.33. The zero-order valence-corrected chi connectivity index (χ0v) is 19.1. The number of benzene rings is 2. The first-order chi connectivity index (χ1) is 15.3. The Morgan fingerprint density at radius 3 is 2.34 bits per heavy atom. The third kappa shape index (κ3) is 5.57. The molecule has 9 nitrogen and oxygen atoms in total. The number of ether oxygens (including phenoxy) is 2. The van der Waals surface area contributed by atoms with E-state index < -0.39 is 15.9 Å². The Morgan fingerprint density at radius 1 is 1.06 bits per heavy atom. The Morgan fingerprint density at radius 2 is 1.72 bits per heavy atom. The van der Waals surface area contributed by atoms with E-state index in [1.807, 2.05) is 0 Å². The third-order valence-corrected chi connectivity index (χ3v) is 6.67. The van der Waals surface area contributed by atoms with Gasteiger partial charge in [0, 0.05) is 31.3 Å². The van der Waals surface area contributed by atoms with Gasteiger partial charge in [0.05, 0.1) is 25.9 Å². The lowest BCUT2D eigenvalue weighted by Crippen LogP contribution is -2.32. The fourth-order valence-corrected chi connectivity index (χ4v) is 4.28. The van der Waals surface area contributed by atoms with Crippen LogP contribution in [-0.4, -0.2) is 48.0 Å². The van der Waals surface area contributed by atoms with Gasteiger partial charge in [-0.15, -0.1) is 0 Å². The second-order valence-electron chi connectivity index (χ2n) is 7.44. The van der Waals surface area contributed by atoms with E-state index in [0.717, 1.165) is 5.56 Å². The molecule has 0 aliphatic carbocycles. The molecule has 1 heterocycles. The fraction of sp³-hybridized carbons (Fsp3) is 0.364. The summed E-state index contributed by atoms with van der Waals surface area (Å²) in [6, 6.07) is 12.2. The molecular weight excluding hydrogens is 434 g/mol. The van der Waals surface area contributed by atoms with Gasteiger partial charge >= 0.3 is 0 Å². The number of carbonyl (C=O) groups excluding carboxylic acids is 2. The molecule has 0 radical (unpaired) electrons. The molecule has 0 saturated carbocycles. The maximum Gasteiger partial charge on any atom is 0.227 e. The smallest absolute Gasteiger partial charge is 0.227 e. The lowest BCUT2D eigenvalue weighted by Gasteiger charge is -2.18. The second kappa shape index (κ2) is 10.0. The molecule has 0 bridgehead atoms. The van der Waals surface area contributed by atoms with Crippen LogP contribution in [0.4, 0.5) is 5.69 Å². The summed E-state index contributed by atoms with van der Waals surface area (Å²) >= 11 is 0. The molecule has 1 saturated heterocycles. The van der Waals surface area contributed by atoms with Crippen molar-refractivity contribution in [2.24, 2.45) is 5.92 Å². The topological polar surface area (TPSA) is 114 Å². The molecule has 2 N–H and O–H groups in total. The van der Waals surface area contributed by atoms with E-state index in [-0.39, 0.29) is 30.5 Å². The van der Waals surface area contributed by atoms with Crippen LogP contribution >= 0.6 is 0 Å². The van der Waals surface area contributed by atoms with Crippen LogP contribution in [0.2, 0.25) is 0 Å². The van der Waals surface area contributed by atoms with E-state index in [0.29, 0.717) is 29.3 Å². The van der Waals surface area contributed by atoms with Gasteiger partial charge in [-0.2, -0.15) is 0 Å². The van der Waals surface area contributed by atoms with Gasteiger partial charge in [-0.1, -0.05) is 24.3 Å². The van der Waals surface area contributed by atoms with Crippen molar-refractivity contribution in [1.29, 1.82) is 0 Å². The standard InChI is InChI=1S/C22H27N3O6S/c1-23-32(28,29)14-16-6-4-15(5-7-16)12-24-22(27)17-10-21(26)25(13-17)18-8-9-19(30-2)20(11-18)31-3/h4-9,11,17,23H,10,12-14H2,1-3H3,(H,24,27). The van der Waals surface area contributed by atoms with E-state index in [1.54, 1.807) is 47.4 Å². The van der Waals surface area contributed by atoms with Gasteiger partial charge in [0.25, 0.3) is 0 Å². The summed E-state index contributed by atoms with van der Waals surface area (Å²) in [5, 5.41) is 2.86. The Kier molecular flexibility index (Phi) is 7.37. The average molecular weight is 462 g/mol. The molecule has 1 fully saturated rings. The van der Waals surface area contributed by atoms with Crippen LogP contribution in [0.1, 0.15) is 17.5 Å². The van der Waals surface area contributed by atoms with Crippen LogP contribution in [-0.2, 0) is 31.9 Å². The minimum absolute atomic E-state index is 0.105. The van der Waals surface area contributed by atoms with Crippen LogP contribution in [0.5, 0.6) is 11.5 Å². The van der Waals surface area contributed by atoms with Gasteiger partial charge in [0.2, 0.25) is 21.8 Å². The molecule has 1 aliphatic rings. The molecule has 3 rings (SSSR count). The quantitative estimate of drug-likeness (QED) is 0.584. The Labute approximate surface area is 187 Å². The van der Waals surface area contributed by atoms with Crippen molar-refractivity contribution < 1.29 is 27.5 Å². The summed E-state index contributed by atoms with van der Waals surface area (Å²) in [5.74, 6) is 0.168. The van der Waals surface area contributed by atoms with Crippen LogP contribution in [0.3, 0.4) is 0 Å². The summed E-state index contributed by atoms with van der Waals surface area (Å²) in [6.45, 7) is 0.569. The first kappa shape index (κ1) is 23.6. The van der Waals surface area contributed by atoms with Crippen LogP contribution in [0.25, 0.3) is 0 Å². The minimum atomic E-state index is -3.34. The van der Waals surface area contributed by atoms with Gasteiger partial charge in [-0.25, -0.2) is 13.1 Å². The lowest BCUT2D eigenvalue weighted by molar-refractivity contribution is -0.126. The van der Waals surface area contributed by atoms with Gasteiger partial charge in [-0.05, 0) is 30.3 Å². The first-order valence-corrected chi connectivity index (χ1v) is 11.7. The number of methoxy groups -OCH3 is 2. The predicted octanol–water partition coefficient (Wildman–Crippen LogP) is 1.42. The van der Waals surface area contributed by atoms with Crippen LogP contribution in [0.15, 0.2) is 42.5 Å². The van der Waals surface area contributed by atoms with Gasteiger partial charge < -0.3 is 19.7 Å². The molecule has 32 heavy (non-hydrogen) atoms. The zero-order valence-electron chi connectivity index (χ0n) is 18.3. The van der Waals surface area contributed by atoms with Gasteiger partial charge in [0.15, 0.2) is 11.5 Å². The molecule has 1 aliphatic heterocycles. The molecular formula is C22H27N3O6S. The van der Waals surface area contributed by atoms with E-state index in [2.05, 4.69) is 10.0 Å². The maximum absolute atomic E-state index is 12.6. The van der Waals surface area contributed by atoms with Crippen molar-refractivity contribution >= 4 is 27.5 Å². The molecule has 10 heteroatoms. The molecule has 0 spiro atoms. The summed E-state index contributed by atoms with van der Waals surface area (Å²) in [5.41, 5.74) is 2.14. The van der Waals surface area contributed by atoms with E-state index in [4.69, 9.17) is 9.47 Å². The van der Waals surface area contributed by atoms with Crippen molar-refractivity contribution in [2.75, 3.05) is 32.7 Å². The number of nitrogens with zero attached hydrogens (tertiary/aromatic N) is 1. The molecule has 2 aromatic rings. The van der Waals surface area contributed by atoms with Crippen molar-refractivity contribution in [3.8, 4) is 11.5 Å². The second-order valence-corrected chi connectivity index (χ2v) is 9.37. The Balaban J connectivity index is 1.58.